The first-order valence-corrected chi connectivity index (χ1v) is 11.6. The maximum atomic E-state index is 13.0. The van der Waals surface area contributed by atoms with E-state index in [-0.39, 0.29) is 18.0 Å². The van der Waals surface area contributed by atoms with Crippen molar-refractivity contribution in [3.63, 3.8) is 0 Å². The second kappa shape index (κ2) is 9.55. The van der Waals surface area contributed by atoms with Gasteiger partial charge in [0.15, 0.2) is 0 Å². The second-order valence-corrected chi connectivity index (χ2v) is 8.66. The predicted octanol–water partition coefficient (Wildman–Crippen LogP) is 3.50. The predicted molar refractivity (Wildman–Crippen MR) is 131 cm³/mol. The first kappa shape index (κ1) is 21.3. The number of amides is 1. The summed E-state index contributed by atoms with van der Waals surface area (Å²) in [4.78, 5) is 28.2. The molecule has 0 spiro atoms. The molecule has 0 saturated carbocycles. The Hall–Kier alpha value is -3.51. The van der Waals surface area contributed by atoms with E-state index in [4.69, 9.17) is 0 Å². The summed E-state index contributed by atoms with van der Waals surface area (Å²) in [6.07, 6.45) is 2.73. The number of carbonyl (C=O) groups excluding carboxylic acids is 1. The number of likely N-dealkylation sites (tertiary alicyclic amines) is 1. The first-order valence-electron chi connectivity index (χ1n) is 11.6. The van der Waals surface area contributed by atoms with E-state index in [1.165, 1.54) is 12.8 Å². The third-order valence-corrected chi connectivity index (χ3v) is 6.45. The van der Waals surface area contributed by atoms with Crippen LogP contribution in [0.5, 0.6) is 0 Å². The highest BCUT2D eigenvalue weighted by molar-refractivity contribution is 5.90. The van der Waals surface area contributed by atoms with E-state index in [1.807, 2.05) is 54.6 Å². The monoisotopic (exact) mass is 440 g/mol. The fourth-order valence-corrected chi connectivity index (χ4v) is 4.69. The number of carbonyl (C=O) groups is 1. The molecule has 1 aliphatic heterocycles. The summed E-state index contributed by atoms with van der Waals surface area (Å²) < 4.78 is 1.56. The van der Waals surface area contributed by atoms with Gasteiger partial charge in [0.25, 0.3) is 5.56 Å². The van der Waals surface area contributed by atoms with Crippen LogP contribution < -0.4 is 10.9 Å². The molecule has 0 bridgehead atoms. The molecule has 0 radical (unpaired) electrons. The van der Waals surface area contributed by atoms with Gasteiger partial charge in [-0.25, -0.2) is 4.68 Å². The van der Waals surface area contributed by atoms with E-state index in [9.17, 15) is 9.59 Å². The Morgan fingerprint density at radius 3 is 2.36 bits per heavy atom. The standard InChI is InChI=1S/C27H28N4O2/c32-26(18-21-10-7-9-20-8-1-2-11-22(20)21)28-19-25-23-12-3-4-13-24(23)27(33)31(29-25)17-16-30-14-5-6-15-30/h1-4,7-13H,5-6,14-19H2,(H,28,32). The van der Waals surface area contributed by atoms with Gasteiger partial charge in [0.1, 0.15) is 0 Å². The molecule has 2 heterocycles. The van der Waals surface area contributed by atoms with Gasteiger partial charge in [-0.2, -0.15) is 5.10 Å². The minimum Gasteiger partial charge on any atom is -0.350 e. The molecule has 33 heavy (non-hydrogen) atoms. The van der Waals surface area contributed by atoms with Gasteiger partial charge in [-0.05, 0) is 48.3 Å². The van der Waals surface area contributed by atoms with Crippen LogP contribution in [0, 0.1) is 0 Å². The Bertz CT molecular complexity index is 1350. The van der Waals surface area contributed by atoms with Gasteiger partial charge in [0, 0.05) is 11.9 Å². The van der Waals surface area contributed by atoms with E-state index in [2.05, 4.69) is 27.4 Å². The van der Waals surface area contributed by atoms with Crippen molar-refractivity contribution in [3.05, 3.63) is 88.3 Å². The zero-order valence-corrected chi connectivity index (χ0v) is 18.7. The normalized spacial score (nSPS) is 14.2. The number of fused-ring (bicyclic) bond motifs is 2. The fraction of sp³-hybridized carbons (Fsp3) is 0.296. The molecule has 1 amide bonds. The van der Waals surface area contributed by atoms with Crippen LogP contribution in [0.15, 0.2) is 71.5 Å². The number of nitrogens with zero attached hydrogens (tertiary/aromatic N) is 3. The smallest absolute Gasteiger partial charge is 0.274 e. The van der Waals surface area contributed by atoms with Crippen LogP contribution in [0.4, 0.5) is 0 Å². The van der Waals surface area contributed by atoms with Gasteiger partial charge in [-0.1, -0.05) is 60.7 Å². The van der Waals surface area contributed by atoms with Crippen molar-refractivity contribution < 1.29 is 4.79 Å². The number of nitrogens with one attached hydrogen (secondary N) is 1. The van der Waals surface area contributed by atoms with E-state index in [1.54, 1.807) is 4.68 Å². The van der Waals surface area contributed by atoms with Crippen LogP contribution in [0.25, 0.3) is 21.5 Å². The third kappa shape index (κ3) is 4.66. The molecule has 1 N–H and O–H groups in total. The molecule has 3 aromatic carbocycles. The lowest BCUT2D eigenvalue weighted by atomic mass is 10.0. The lowest BCUT2D eigenvalue weighted by Crippen LogP contribution is -2.33. The maximum absolute atomic E-state index is 13.0. The molecule has 5 rings (SSSR count). The van der Waals surface area contributed by atoms with Gasteiger partial charge in [-0.15, -0.1) is 0 Å². The Morgan fingerprint density at radius 2 is 1.55 bits per heavy atom. The largest absolute Gasteiger partial charge is 0.350 e. The van der Waals surface area contributed by atoms with E-state index >= 15 is 0 Å². The van der Waals surface area contributed by atoms with Gasteiger partial charge < -0.3 is 10.2 Å². The van der Waals surface area contributed by atoms with Crippen LogP contribution in [-0.4, -0.2) is 40.2 Å². The van der Waals surface area contributed by atoms with Gasteiger partial charge >= 0.3 is 0 Å². The summed E-state index contributed by atoms with van der Waals surface area (Å²) in [6, 6.07) is 21.6. The fourth-order valence-electron chi connectivity index (χ4n) is 4.69. The van der Waals surface area contributed by atoms with Gasteiger partial charge in [0.2, 0.25) is 5.91 Å². The van der Waals surface area contributed by atoms with Crippen molar-refractivity contribution in [2.24, 2.45) is 0 Å². The summed E-state index contributed by atoms with van der Waals surface area (Å²) in [5.41, 5.74) is 1.65. The molecule has 168 valence electrons. The number of aromatic nitrogens is 2. The minimum absolute atomic E-state index is 0.0629. The van der Waals surface area contributed by atoms with E-state index in [0.29, 0.717) is 18.4 Å². The number of hydrogen-bond acceptors (Lipinski definition) is 4. The average Bonchev–Trinajstić information content (AvgIpc) is 3.37. The Labute approximate surface area is 192 Å². The average molecular weight is 441 g/mol. The summed E-state index contributed by atoms with van der Waals surface area (Å²) in [5.74, 6) is -0.0629. The van der Waals surface area contributed by atoms with Crippen molar-refractivity contribution in [2.75, 3.05) is 19.6 Å². The lowest BCUT2D eigenvalue weighted by molar-refractivity contribution is -0.120. The van der Waals surface area contributed by atoms with E-state index < -0.39 is 0 Å². The first-order chi connectivity index (χ1) is 16.2. The number of hydrogen-bond donors (Lipinski definition) is 1. The molecule has 1 fully saturated rings. The summed E-state index contributed by atoms with van der Waals surface area (Å²) in [5, 5.41) is 11.3. The van der Waals surface area contributed by atoms with Gasteiger partial charge in [-0.3, -0.25) is 9.59 Å². The molecule has 0 unspecified atom stereocenters. The Morgan fingerprint density at radius 1 is 0.848 bits per heavy atom. The maximum Gasteiger partial charge on any atom is 0.274 e. The zero-order chi connectivity index (χ0) is 22.6. The highest BCUT2D eigenvalue weighted by Crippen LogP contribution is 2.19. The number of rotatable bonds is 7. The lowest BCUT2D eigenvalue weighted by Gasteiger charge is -2.16. The van der Waals surface area contributed by atoms with Gasteiger partial charge in [0.05, 0.1) is 30.6 Å². The molecule has 1 aliphatic rings. The topological polar surface area (TPSA) is 67.2 Å². The molecule has 0 atom stereocenters. The molecular weight excluding hydrogens is 412 g/mol. The van der Waals surface area contributed by atoms with Crippen LogP contribution in [0.3, 0.4) is 0 Å². The molecule has 1 aromatic heterocycles. The zero-order valence-electron chi connectivity index (χ0n) is 18.7. The Kier molecular flexibility index (Phi) is 6.17. The van der Waals surface area contributed by atoms with Crippen LogP contribution >= 0.6 is 0 Å². The SMILES string of the molecule is O=C(Cc1cccc2ccccc12)NCc1nn(CCN2CCCC2)c(=O)c2ccccc12. The second-order valence-electron chi connectivity index (χ2n) is 8.66. The third-order valence-electron chi connectivity index (χ3n) is 6.45. The minimum atomic E-state index is -0.0735. The molecule has 6 heteroatoms. The summed E-state index contributed by atoms with van der Waals surface area (Å²) in [7, 11) is 0. The van der Waals surface area contributed by atoms with E-state index in [0.717, 1.165) is 47.1 Å². The van der Waals surface area contributed by atoms with Crippen LogP contribution in [0.1, 0.15) is 24.1 Å². The van der Waals surface area contributed by atoms with Crippen LogP contribution in [0.2, 0.25) is 0 Å². The van der Waals surface area contributed by atoms with Crippen molar-refractivity contribution >= 4 is 27.5 Å². The molecule has 6 nitrogen and oxygen atoms in total. The number of benzene rings is 3. The highest BCUT2D eigenvalue weighted by atomic mass is 16.1. The van der Waals surface area contributed by atoms with Crippen molar-refractivity contribution in [1.82, 2.24) is 20.0 Å². The quantitative estimate of drug-likeness (QED) is 0.478. The summed E-state index contributed by atoms with van der Waals surface area (Å²) >= 11 is 0. The van der Waals surface area contributed by atoms with Crippen LogP contribution in [-0.2, 0) is 24.3 Å². The van der Waals surface area contributed by atoms with Crippen molar-refractivity contribution in [2.45, 2.75) is 32.4 Å². The van der Waals surface area contributed by atoms with Crippen molar-refractivity contribution in [1.29, 1.82) is 0 Å². The molecule has 0 aliphatic carbocycles. The molecular formula is C27H28N4O2. The van der Waals surface area contributed by atoms with Crippen molar-refractivity contribution in [3.8, 4) is 0 Å². The molecule has 1 saturated heterocycles. The summed E-state index contributed by atoms with van der Waals surface area (Å²) in [6.45, 7) is 3.83. The molecule has 4 aromatic rings. The highest BCUT2D eigenvalue weighted by Gasteiger charge is 2.15. The Balaban J connectivity index is 1.34.